The fraction of sp³-hybridized carbons (Fsp3) is 0.526. The average molecular weight is 388 g/mol. The number of nitrogens with one attached hydrogen (secondary N) is 1. The topological polar surface area (TPSA) is 126 Å². The van der Waals surface area contributed by atoms with Gasteiger partial charge in [-0.25, -0.2) is 4.79 Å². The highest BCUT2D eigenvalue weighted by Gasteiger charge is 2.35. The standard InChI is InChI=1S/C19H24N4O5/c1-13(17(24)21-19(12-20)9-5-4-6-10-19)28-18(25)14-7-8-15(22(2)3)16(11-14)23(26)27/h7-8,11,13H,4-6,9-10H2,1-3H3,(H,21,24)/t13-/m1/s1. The van der Waals surface area contributed by atoms with Crippen molar-refractivity contribution in [2.24, 2.45) is 0 Å². The molecule has 1 aromatic carbocycles. The van der Waals surface area contributed by atoms with Crippen LogP contribution in [0.25, 0.3) is 0 Å². The summed E-state index contributed by atoms with van der Waals surface area (Å²) in [6.07, 6.45) is 2.72. The summed E-state index contributed by atoms with van der Waals surface area (Å²) in [5.74, 6) is -1.40. The summed E-state index contributed by atoms with van der Waals surface area (Å²) in [5, 5.41) is 23.4. The molecule has 0 heterocycles. The molecule has 1 aromatic rings. The number of carbonyl (C=O) groups is 2. The number of rotatable bonds is 6. The Labute approximate surface area is 163 Å². The molecule has 0 aromatic heterocycles. The van der Waals surface area contributed by atoms with Gasteiger partial charge in [0.05, 0.1) is 16.6 Å². The summed E-state index contributed by atoms with van der Waals surface area (Å²) in [6, 6.07) is 6.16. The molecular formula is C19H24N4O5. The molecule has 1 aliphatic carbocycles. The van der Waals surface area contributed by atoms with Gasteiger partial charge < -0.3 is 15.0 Å². The third kappa shape index (κ3) is 4.76. The first kappa shape index (κ1) is 21.2. The number of nitro groups is 1. The van der Waals surface area contributed by atoms with E-state index in [4.69, 9.17) is 4.74 Å². The van der Waals surface area contributed by atoms with E-state index in [1.807, 2.05) is 0 Å². The van der Waals surface area contributed by atoms with Crippen molar-refractivity contribution in [2.75, 3.05) is 19.0 Å². The third-order valence-electron chi connectivity index (χ3n) is 4.83. The van der Waals surface area contributed by atoms with E-state index in [1.54, 1.807) is 19.0 Å². The van der Waals surface area contributed by atoms with Crippen LogP contribution in [0.1, 0.15) is 49.4 Å². The van der Waals surface area contributed by atoms with Gasteiger partial charge in [-0.05, 0) is 31.9 Å². The van der Waals surface area contributed by atoms with E-state index in [2.05, 4.69) is 11.4 Å². The second-order valence-electron chi connectivity index (χ2n) is 7.15. The number of carbonyl (C=O) groups excluding carboxylic acids is 2. The molecule has 28 heavy (non-hydrogen) atoms. The second kappa shape index (κ2) is 8.69. The van der Waals surface area contributed by atoms with Gasteiger partial charge in [0.25, 0.3) is 11.6 Å². The molecule has 1 atom stereocenters. The van der Waals surface area contributed by atoms with Crippen molar-refractivity contribution in [1.29, 1.82) is 5.26 Å². The number of benzene rings is 1. The Kier molecular flexibility index (Phi) is 6.57. The van der Waals surface area contributed by atoms with E-state index in [1.165, 1.54) is 19.1 Å². The first-order chi connectivity index (χ1) is 13.2. The van der Waals surface area contributed by atoms with Gasteiger partial charge in [-0.1, -0.05) is 19.3 Å². The van der Waals surface area contributed by atoms with Crippen LogP contribution in [-0.2, 0) is 9.53 Å². The van der Waals surface area contributed by atoms with Crippen LogP contribution in [0.2, 0.25) is 0 Å². The molecule has 1 aliphatic rings. The van der Waals surface area contributed by atoms with Crippen molar-refractivity contribution in [3.05, 3.63) is 33.9 Å². The van der Waals surface area contributed by atoms with Gasteiger partial charge in [0.2, 0.25) is 0 Å². The van der Waals surface area contributed by atoms with Crippen LogP contribution in [0.5, 0.6) is 0 Å². The zero-order valence-electron chi connectivity index (χ0n) is 16.2. The Morgan fingerprint density at radius 3 is 2.50 bits per heavy atom. The Morgan fingerprint density at radius 1 is 1.32 bits per heavy atom. The predicted molar refractivity (Wildman–Crippen MR) is 102 cm³/mol. The zero-order chi connectivity index (χ0) is 20.9. The fourth-order valence-electron chi connectivity index (χ4n) is 3.21. The molecule has 0 aliphatic heterocycles. The monoisotopic (exact) mass is 388 g/mol. The first-order valence-electron chi connectivity index (χ1n) is 9.09. The molecule has 0 saturated heterocycles. The minimum Gasteiger partial charge on any atom is -0.449 e. The summed E-state index contributed by atoms with van der Waals surface area (Å²) < 4.78 is 5.17. The van der Waals surface area contributed by atoms with Gasteiger partial charge in [0, 0.05) is 20.2 Å². The van der Waals surface area contributed by atoms with Crippen molar-refractivity contribution in [3.8, 4) is 6.07 Å². The largest absolute Gasteiger partial charge is 0.449 e. The van der Waals surface area contributed by atoms with Crippen LogP contribution in [-0.4, -0.2) is 42.5 Å². The predicted octanol–water partition coefficient (Wildman–Crippen LogP) is 2.55. The Morgan fingerprint density at radius 2 is 1.96 bits per heavy atom. The number of amides is 1. The maximum absolute atomic E-state index is 12.4. The quantitative estimate of drug-likeness (QED) is 0.451. The average Bonchev–Trinajstić information content (AvgIpc) is 2.67. The van der Waals surface area contributed by atoms with E-state index in [0.29, 0.717) is 18.5 Å². The normalized spacial score (nSPS) is 16.4. The molecule has 150 valence electrons. The minimum absolute atomic E-state index is 0.0235. The maximum atomic E-state index is 12.4. The second-order valence-corrected chi connectivity index (χ2v) is 7.15. The maximum Gasteiger partial charge on any atom is 0.339 e. The molecule has 0 spiro atoms. The van der Waals surface area contributed by atoms with Crippen LogP contribution >= 0.6 is 0 Å². The van der Waals surface area contributed by atoms with Crippen molar-refractivity contribution in [3.63, 3.8) is 0 Å². The molecular weight excluding hydrogens is 364 g/mol. The minimum atomic E-state index is -1.13. The molecule has 1 saturated carbocycles. The number of nitro benzene ring substituents is 1. The smallest absolute Gasteiger partial charge is 0.339 e. The highest BCUT2D eigenvalue weighted by atomic mass is 16.6. The van der Waals surface area contributed by atoms with Crippen LogP contribution in [0.15, 0.2) is 18.2 Å². The third-order valence-corrected chi connectivity index (χ3v) is 4.83. The molecule has 9 nitrogen and oxygen atoms in total. The number of esters is 1. The number of ether oxygens (including phenoxy) is 1. The zero-order valence-corrected chi connectivity index (χ0v) is 16.2. The highest BCUT2D eigenvalue weighted by molar-refractivity contribution is 5.94. The molecule has 1 amide bonds. The number of hydrogen-bond acceptors (Lipinski definition) is 7. The summed E-state index contributed by atoms with van der Waals surface area (Å²) in [6.45, 7) is 1.41. The fourth-order valence-corrected chi connectivity index (χ4v) is 3.21. The van der Waals surface area contributed by atoms with Crippen LogP contribution in [0.3, 0.4) is 0 Å². The van der Waals surface area contributed by atoms with Crippen molar-refractivity contribution in [1.82, 2.24) is 5.32 Å². The Hall–Kier alpha value is -3.15. The van der Waals surface area contributed by atoms with Crippen LogP contribution < -0.4 is 10.2 Å². The lowest BCUT2D eigenvalue weighted by Crippen LogP contribution is -2.52. The summed E-state index contributed by atoms with van der Waals surface area (Å²) in [4.78, 5) is 37.0. The molecule has 2 rings (SSSR count). The number of nitrogens with zero attached hydrogens (tertiary/aromatic N) is 3. The van der Waals surface area contributed by atoms with Crippen molar-refractivity contribution in [2.45, 2.75) is 50.7 Å². The van der Waals surface area contributed by atoms with Gasteiger partial charge in [-0.3, -0.25) is 14.9 Å². The highest BCUT2D eigenvalue weighted by Crippen LogP contribution is 2.29. The lowest BCUT2D eigenvalue weighted by molar-refractivity contribution is -0.384. The summed E-state index contributed by atoms with van der Waals surface area (Å²) >= 11 is 0. The number of hydrogen-bond donors (Lipinski definition) is 1. The summed E-state index contributed by atoms with van der Waals surface area (Å²) in [7, 11) is 3.31. The Balaban J connectivity index is 2.09. The number of anilines is 1. The van der Waals surface area contributed by atoms with E-state index >= 15 is 0 Å². The molecule has 9 heteroatoms. The van der Waals surface area contributed by atoms with Gasteiger partial charge in [-0.15, -0.1) is 0 Å². The van der Waals surface area contributed by atoms with Crippen molar-refractivity contribution < 1.29 is 19.2 Å². The van der Waals surface area contributed by atoms with E-state index in [-0.39, 0.29) is 11.3 Å². The Bertz CT molecular complexity index is 809. The van der Waals surface area contributed by atoms with E-state index in [0.717, 1.165) is 25.3 Å². The molecule has 0 bridgehead atoms. The number of nitriles is 1. The van der Waals surface area contributed by atoms with E-state index < -0.39 is 28.4 Å². The van der Waals surface area contributed by atoms with Gasteiger partial charge in [0.1, 0.15) is 11.2 Å². The first-order valence-corrected chi connectivity index (χ1v) is 9.09. The molecule has 1 fully saturated rings. The van der Waals surface area contributed by atoms with Gasteiger partial charge in [-0.2, -0.15) is 5.26 Å². The molecule has 1 N–H and O–H groups in total. The van der Waals surface area contributed by atoms with Crippen LogP contribution in [0.4, 0.5) is 11.4 Å². The lowest BCUT2D eigenvalue weighted by Gasteiger charge is -2.32. The lowest BCUT2D eigenvalue weighted by atomic mass is 9.83. The van der Waals surface area contributed by atoms with Gasteiger partial charge >= 0.3 is 5.97 Å². The van der Waals surface area contributed by atoms with Crippen molar-refractivity contribution >= 4 is 23.3 Å². The summed E-state index contributed by atoms with van der Waals surface area (Å²) in [5.41, 5.74) is -0.838. The SMILES string of the molecule is C[C@@H](OC(=O)c1ccc(N(C)C)c([N+](=O)[O-])c1)C(=O)NC1(C#N)CCCCC1. The molecule has 0 unspecified atom stereocenters. The van der Waals surface area contributed by atoms with E-state index in [9.17, 15) is 25.0 Å². The van der Waals surface area contributed by atoms with Gasteiger partial charge in [0.15, 0.2) is 6.10 Å². The van der Waals surface area contributed by atoms with Crippen LogP contribution in [0, 0.1) is 21.4 Å². The molecule has 0 radical (unpaired) electrons.